The molecule has 1 spiro atoms. The Bertz CT molecular complexity index is 1310. The van der Waals surface area contributed by atoms with Gasteiger partial charge in [-0.2, -0.15) is 0 Å². The third-order valence-electron chi connectivity index (χ3n) is 6.09. The molecule has 1 saturated heterocycles. The first-order chi connectivity index (χ1) is 14.6. The maximum Gasteiger partial charge on any atom is 0.246 e. The number of hydrogen-bond donors (Lipinski definition) is 0. The third kappa shape index (κ3) is 2.24. The summed E-state index contributed by atoms with van der Waals surface area (Å²) < 4.78 is 19.0. The van der Waals surface area contributed by atoms with Crippen molar-refractivity contribution in [2.45, 2.75) is 18.4 Å². The van der Waals surface area contributed by atoms with Gasteiger partial charge in [0.2, 0.25) is 5.91 Å². The molecule has 2 aliphatic heterocycles. The molecule has 1 amide bonds. The first-order valence-electron chi connectivity index (χ1n) is 9.65. The number of ether oxygens (including phenoxy) is 1. The number of carbonyl (C=O) groups is 2. The molecular formula is C23H16N2O4S. The molecule has 7 heteroatoms. The number of rotatable bonds is 2. The summed E-state index contributed by atoms with van der Waals surface area (Å²) in [5.74, 6) is 0.417. The summed E-state index contributed by atoms with van der Waals surface area (Å²) in [5, 5.41) is 2.47. The lowest BCUT2D eigenvalue weighted by molar-refractivity contribution is -0.132. The Morgan fingerprint density at radius 1 is 1.23 bits per heavy atom. The van der Waals surface area contributed by atoms with Gasteiger partial charge < -0.3 is 14.2 Å². The zero-order valence-electron chi connectivity index (χ0n) is 15.8. The van der Waals surface area contributed by atoms with Crippen LogP contribution in [-0.2, 0) is 21.5 Å². The average molecular weight is 416 g/mol. The second-order valence-electron chi connectivity index (χ2n) is 7.71. The predicted octanol–water partition coefficient (Wildman–Crippen LogP) is 3.42. The van der Waals surface area contributed by atoms with Gasteiger partial charge in [0.1, 0.15) is 23.2 Å². The molecule has 1 fully saturated rings. The van der Waals surface area contributed by atoms with E-state index < -0.39 is 16.2 Å². The third-order valence-corrected chi connectivity index (χ3v) is 7.26. The zero-order valence-corrected chi connectivity index (χ0v) is 16.6. The van der Waals surface area contributed by atoms with Crippen LogP contribution >= 0.6 is 10.8 Å². The van der Waals surface area contributed by atoms with Gasteiger partial charge in [-0.3, -0.25) is 14.6 Å². The molecule has 0 N–H and O–H groups in total. The number of amides is 1. The quantitative estimate of drug-likeness (QED) is 0.598. The maximum absolute atomic E-state index is 13.9. The van der Waals surface area contributed by atoms with Gasteiger partial charge in [-0.05, 0) is 35.0 Å². The van der Waals surface area contributed by atoms with E-state index >= 15 is 0 Å². The Morgan fingerprint density at radius 3 is 2.97 bits per heavy atom. The number of carbonyl (C=O) groups excluding carboxylic acids is 2. The molecule has 2 atom stereocenters. The van der Waals surface area contributed by atoms with Gasteiger partial charge in [-0.1, -0.05) is 12.1 Å². The number of fused-ring (bicyclic) bond motifs is 5. The number of hydrogen-bond acceptors (Lipinski definition) is 5. The van der Waals surface area contributed by atoms with Crippen molar-refractivity contribution < 1.29 is 18.9 Å². The highest BCUT2D eigenvalue weighted by atomic mass is 32.2. The first kappa shape index (κ1) is 17.6. The fourth-order valence-corrected chi connectivity index (χ4v) is 5.68. The largest absolute Gasteiger partial charge is 0.590 e. The Kier molecular flexibility index (Phi) is 3.57. The van der Waals surface area contributed by atoms with Crippen molar-refractivity contribution in [1.82, 2.24) is 9.88 Å². The number of aromatic nitrogens is 1. The van der Waals surface area contributed by atoms with Gasteiger partial charge in [0.05, 0.1) is 12.2 Å². The molecular weight excluding hydrogens is 400 g/mol. The van der Waals surface area contributed by atoms with Crippen LogP contribution in [-0.4, -0.2) is 32.7 Å². The average Bonchev–Trinajstić information content (AvgIpc) is 3.38. The van der Waals surface area contributed by atoms with Gasteiger partial charge in [0.25, 0.3) is 0 Å². The lowest BCUT2D eigenvalue weighted by atomic mass is 9.75. The van der Waals surface area contributed by atoms with E-state index in [1.165, 1.54) is 0 Å². The molecule has 6 rings (SSSR count). The van der Waals surface area contributed by atoms with Crippen molar-refractivity contribution in [1.29, 1.82) is 0 Å². The Balaban J connectivity index is 1.55. The summed E-state index contributed by atoms with van der Waals surface area (Å²) in [5.41, 5.74) is 1.74. The van der Waals surface area contributed by atoms with Gasteiger partial charge in [-0.25, -0.2) is 0 Å². The molecule has 0 radical (unpaired) electrons. The molecule has 3 aromatic rings. The van der Waals surface area contributed by atoms with Crippen molar-refractivity contribution in [2.75, 3.05) is 6.61 Å². The van der Waals surface area contributed by atoms with Gasteiger partial charge >= 0.3 is 0 Å². The molecule has 0 bridgehead atoms. The van der Waals surface area contributed by atoms with E-state index in [9.17, 15) is 14.1 Å². The molecule has 1 aliphatic carbocycles. The van der Waals surface area contributed by atoms with Crippen molar-refractivity contribution in [3.8, 4) is 5.75 Å². The lowest BCUT2D eigenvalue weighted by Crippen LogP contribution is -2.39. The summed E-state index contributed by atoms with van der Waals surface area (Å²) >= 11 is 0. The minimum Gasteiger partial charge on any atom is -0.590 e. The van der Waals surface area contributed by atoms with Crippen molar-refractivity contribution >= 4 is 32.5 Å². The van der Waals surface area contributed by atoms with Crippen LogP contribution in [0.1, 0.15) is 17.7 Å². The monoisotopic (exact) mass is 416 g/mol. The van der Waals surface area contributed by atoms with Crippen LogP contribution in [0.15, 0.2) is 71.4 Å². The lowest BCUT2D eigenvalue weighted by Gasteiger charge is -2.21. The van der Waals surface area contributed by atoms with E-state index in [0.29, 0.717) is 28.1 Å². The van der Waals surface area contributed by atoms with Crippen molar-refractivity contribution in [3.63, 3.8) is 0 Å². The number of thiophene rings is 1. The summed E-state index contributed by atoms with van der Waals surface area (Å²) in [6, 6.07) is 11.0. The number of allylic oxidation sites excluding steroid dienone is 3. The molecule has 2 aromatic heterocycles. The van der Waals surface area contributed by atoms with Gasteiger partial charge in [0, 0.05) is 47.0 Å². The topological polar surface area (TPSA) is 82.6 Å². The minimum atomic E-state index is -1.25. The highest BCUT2D eigenvalue weighted by molar-refractivity contribution is 7.30. The standard InChI is InChI=1S/C23H16N2O4S/c26-16-4-5-19-17(10-16)23(22(27)25(19)12-15-3-1-2-7-24-15)13-29-20-9-14-6-8-30(28)21(14)11-18(20)23/h1-3,5-11H,4,12-13H2. The van der Waals surface area contributed by atoms with E-state index in [4.69, 9.17) is 4.74 Å². The van der Waals surface area contributed by atoms with Crippen LogP contribution < -0.4 is 4.74 Å². The van der Waals surface area contributed by atoms with Crippen molar-refractivity contribution in [2.24, 2.45) is 0 Å². The predicted molar refractivity (Wildman–Crippen MR) is 110 cm³/mol. The Labute approximate surface area is 174 Å². The van der Waals surface area contributed by atoms with E-state index in [-0.39, 0.29) is 24.7 Å². The van der Waals surface area contributed by atoms with Crippen LogP contribution in [0, 0.1) is 0 Å². The van der Waals surface area contributed by atoms with Gasteiger partial charge in [0.15, 0.2) is 10.5 Å². The fraction of sp³-hybridized carbons (Fsp3) is 0.174. The number of ketones is 1. The Morgan fingerprint density at radius 2 is 2.13 bits per heavy atom. The maximum atomic E-state index is 13.9. The summed E-state index contributed by atoms with van der Waals surface area (Å²) in [6.07, 6.45) is 5.35. The number of likely N-dealkylation sites (tertiary alicyclic amines) is 1. The first-order valence-corrected chi connectivity index (χ1v) is 10.9. The van der Waals surface area contributed by atoms with Crippen LogP contribution in [0.2, 0.25) is 0 Å². The molecule has 148 valence electrons. The number of nitrogens with zero attached hydrogens (tertiary/aromatic N) is 2. The molecule has 6 nitrogen and oxygen atoms in total. The number of pyridine rings is 1. The van der Waals surface area contributed by atoms with E-state index in [1.54, 1.807) is 28.6 Å². The molecule has 1 aromatic carbocycles. The molecule has 4 heterocycles. The summed E-state index contributed by atoms with van der Waals surface area (Å²) in [6.45, 7) is 0.433. The van der Waals surface area contributed by atoms with E-state index in [0.717, 1.165) is 16.8 Å². The highest BCUT2D eigenvalue weighted by Crippen LogP contribution is 2.54. The number of benzene rings is 1. The molecule has 30 heavy (non-hydrogen) atoms. The summed E-state index contributed by atoms with van der Waals surface area (Å²) in [7, 11) is -1.25. The zero-order chi connectivity index (χ0) is 20.5. The van der Waals surface area contributed by atoms with Crippen LogP contribution in [0.4, 0.5) is 0 Å². The minimum absolute atomic E-state index is 0.0412. The highest BCUT2D eigenvalue weighted by Gasteiger charge is 2.59. The van der Waals surface area contributed by atoms with E-state index in [1.807, 2.05) is 36.4 Å². The van der Waals surface area contributed by atoms with E-state index in [2.05, 4.69) is 4.98 Å². The van der Waals surface area contributed by atoms with Crippen LogP contribution in [0.5, 0.6) is 5.75 Å². The molecule has 0 saturated carbocycles. The second kappa shape index (κ2) is 6.10. The van der Waals surface area contributed by atoms with Crippen LogP contribution in [0.3, 0.4) is 0 Å². The second-order valence-corrected chi connectivity index (χ2v) is 9.02. The smallest absolute Gasteiger partial charge is 0.246 e. The van der Waals surface area contributed by atoms with Gasteiger partial charge in [-0.15, -0.1) is 0 Å². The Hall–Kier alpha value is -3.29. The SMILES string of the molecule is O=C1C=C2C(=CC1)N(Cc1ccccn1)C(=O)C21COc2cc3cc[s+]([O-])c3cc21. The van der Waals surface area contributed by atoms with Crippen LogP contribution in [0.25, 0.3) is 10.1 Å². The van der Waals surface area contributed by atoms with Crippen molar-refractivity contribution in [3.05, 3.63) is 82.7 Å². The fourth-order valence-electron chi connectivity index (χ4n) is 4.67. The summed E-state index contributed by atoms with van der Waals surface area (Å²) in [4.78, 5) is 32.2. The normalized spacial score (nSPS) is 22.8. The molecule has 2 unspecified atom stereocenters. The molecule has 3 aliphatic rings.